The first-order chi connectivity index (χ1) is 15.1. The largest absolute Gasteiger partial charge is 0.463 e. The molecule has 2 N–H and O–H groups in total. The van der Waals surface area contributed by atoms with E-state index in [1.165, 1.54) is 6.08 Å². The number of urea groups is 1. The number of aromatic nitrogens is 2. The number of ether oxygens (including phenoxy) is 1. The first-order valence-corrected chi connectivity index (χ1v) is 10.6. The Labute approximate surface area is 181 Å². The van der Waals surface area contributed by atoms with E-state index in [4.69, 9.17) is 9.72 Å². The maximum atomic E-state index is 12.8. The van der Waals surface area contributed by atoms with E-state index in [-0.39, 0.29) is 17.9 Å². The number of hydrogen-bond donors (Lipinski definition) is 2. The molecule has 0 bridgehead atoms. The number of carbonyl (C=O) groups is 2. The van der Waals surface area contributed by atoms with Gasteiger partial charge >= 0.3 is 12.0 Å². The molecule has 7 nitrogen and oxygen atoms in total. The first kappa shape index (κ1) is 20.7. The predicted octanol–water partition coefficient (Wildman–Crippen LogP) is 4.55. The molecule has 31 heavy (non-hydrogen) atoms. The Bertz CT molecular complexity index is 1050. The van der Waals surface area contributed by atoms with E-state index in [2.05, 4.69) is 10.3 Å². The van der Waals surface area contributed by atoms with Crippen LogP contribution in [0.3, 0.4) is 0 Å². The highest BCUT2D eigenvalue weighted by Gasteiger charge is 2.26. The molecule has 1 aromatic heterocycles. The second-order valence-electron chi connectivity index (χ2n) is 7.56. The molecular formula is C24H26N4O3. The van der Waals surface area contributed by atoms with Crippen LogP contribution in [0, 0.1) is 0 Å². The summed E-state index contributed by atoms with van der Waals surface area (Å²) in [6.45, 7) is 3.47. The fourth-order valence-electron chi connectivity index (χ4n) is 3.79. The van der Waals surface area contributed by atoms with Crippen molar-refractivity contribution in [1.82, 2.24) is 14.9 Å². The van der Waals surface area contributed by atoms with Gasteiger partial charge in [-0.1, -0.05) is 24.3 Å². The number of nitrogens with one attached hydrogen (secondary N) is 2. The van der Waals surface area contributed by atoms with Crippen LogP contribution in [0.2, 0.25) is 0 Å². The van der Waals surface area contributed by atoms with E-state index in [9.17, 15) is 9.59 Å². The fourth-order valence-corrected chi connectivity index (χ4v) is 3.79. The number of para-hydroxylation sites is 2. The van der Waals surface area contributed by atoms with Crippen LogP contribution in [0.4, 0.5) is 10.5 Å². The second kappa shape index (κ2) is 9.47. The van der Waals surface area contributed by atoms with E-state index in [1.54, 1.807) is 13.0 Å². The number of rotatable bonds is 5. The van der Waals surface area contributed by atoms with Crippen molar-refractivity contribution in [3.05, 3.63) is 66.0 Å². The van der Waals surface area contributed by atoms with Crippen molar-refractivity contribution in [1.29, 1.82) is 0 Å². The van der Waals surface area contributed by atoms with Gasteiger partial charge in [0.25, 0.3) is 0 Å². The number of amides is 2. The third-order valence-electron chi connectivity index (χ3n) is 5.36. The number of benzene rings is 2. The van der Waals surface area contributed by atoms with E-state index < -0.39 is 0 Å². The molecule has 1 aliphatic rings. The lowest BCUT2D eigenvalue weighted by atomic mass is 9.97. The molecule has 2 heterocycles. The van der Waals surface area contributed by atoms with Gasteiger partial charge in [0.1, 0.15) is 5.82 Å². The zero-order valence-electron chi connectivity index (χ0n) is 17.5. The molecule has 3 aromatic rings. The standard InChI is InChI=1S/C24H26N4O3/c1-2-31-22(29)14-11-17-9-12-19(13-10-17)25-24(30)28-15-5-6-18(16-28)23-26-20-7-3-4-8-21(20)27-23/h3-4,7-14,18H,2,5-6,15-16H2,1H3,(H,25,30)(H,26,27)/b14-11-/t18-/m1/s1. The van der Waals surface area contributed by atoms with Crippen LogP contribution in [0.5, 0.6) is 0 Å². The Hall–Kier alpha value is -3.61. The smallest absolute Gasteiger partial charge is 0.330 e. The number of piperidine rings is 1. The van der Waals surface area contributed by atoms with Gasteiger partial charge in [0.05, 0.1) is 17.6 Å². The Morgan fingerprint density at radius 3 is 2.81 bits per heavy atom. The van der Waals surface area contributed by atoms with Crippen LogP contribution in [0.1, 0.15) is 37.1 Å². The van der Waals surface area contributed by atoms with Gasteiger partial charge in [0, 0.05) is 30.8 Å². The highest BCUT2D eigenvalue weighted by Crippen LogP contribution is 2.27. The van der Waals surface area contributed by atoms with Crippen LogP contribution in [-0.2, 0) is 9.53 Å². The SMILES string of the molecule is CCOC(=O)/C=C\c1ccc(NC(=O)N2CCC[C@@H](c3nc4ccccc4[nH]3)C2)cc1. The zero-order valence-corrected chi connectivity index (χ0v) is 17.5. The van der Waals surface area contributed by atoms with Crippen LogP contribution in [-0.4, -0.2) is 46.6 Å². The minimum absolute atomic E-state index is 0.115. The van der Waals surface area contributed by atoms with E-state index in [0.717, 1.165) is 41.8 Å². The molecule has 2 amide bonds. The minimum Gasteiger partial charge on any atom is -0.463 e. The molecule has 0 spiro atoms. The van der Waals surface area contributed by atoms with Crippen molar-refractivity contribution in [2.75, 3.05) is 25.0 Å². The Kier molecular flexibility index (Phi) is 6.31. The summed E-state index contributed by atoms with van der Waals surface area (Å²) >= 11 is 0. The van der Waals surface area contributed by atoms with Crippen LogP contribution in [0.25, 0.3) is 17.1 Å². The molecule has 0 radical (unpaired) electrons. The fraction of sp³-hybridized carbons (Fsp3) is 0.292. The lowest BCUT2D eigenvalue weighted by Crippen LogP contribution is -2.41. The summed E-state index contributed by atoms with van der Waals surface area (Å²) in [5, 5.41) is 2.96. The summed E-state index contributed by atoms with van der Waals surface area (Å²) < 4.78 is 4.87. The third kappa shape index (κ3) is 5.12. The number of likely N-dealkylation sites (tertiary alicyclic amines) is 1. The summed E-state index contributed by atoms with van der Waals surface area (Å²) in [7, 11) is 0. The summed E-state index contributed by atoms with van der Waals surface area (Å²) in [5.74, 6) is 0.766. The Morgan fingerprint density at radius 1 is 1.23 bits per heavy atom. The zero-order chi connectivity index (χ0) is 21.6. The van der Waals surface area contributed by atoms with E-state index >= 15 is 0 Å². The average Bonchev–Trinajstić information content (AvgIpc) is 3.23. The quantitative estimate of drug-likeness (QED) is 0.470. The molecule has 7 heteroatoms. The maximum Gasteiger partial charge on any atom is 0.330 e. The molecule has 4 rings (SSSR count). The molecule has 1 aliphatic heterocycles. The van der Waals surface area contributed by atoms with Crippen LogP contribution in [0.15, 0.2) is 54.6 Å². The number of H-pyrrole nitrogens is 1. The summed E-state index contributed by atoms with van der Waals surface area (Å²) in [4.78, 5) is 34.2. The summed E-state index contributed by atoms with van der Waals surface area (Å²) in [6.07, 6.45) is 5.02. The maximum absolute atomic E-state index is 12.8. The second-order valence-corrected chi connectivity index (χ2v) is 7.56. The molecule has 2 aromatic carbocycles. The summed E-state index contributed by atoms with van der Waals surface area (Å²) in [5.41, 5.74) is 3.55. The highest BCUT2D eigenvalue weighted by molar-refractivity contribution is 5.90. The van der Waals surface area contributed by atoms with Crippen molar-refractivity contribution in [2.24, 2.45) is 0 Å². The monoisotopic (exact) mass is 418 g/mol. The van der Waals surface area contributed by atoms with Gasteiger partial charge < -0.3 is 19.9 Å². The third-order valence-corrected chi connectivity index (χ3v) is 5.36. The average molecular weight is 418 g/mol. The lowest BCUT2D eigenvalue weighted by Gasteiger charge is -2.31. The molecule has 1 saturated heterocycles. The normalized spacial score (nSPS) is 16.5. The summed E-state index contributed by atoms with van der Waals surface area (Å²) in [6, 6.07) is 15.2. The molecule has 1 atom stereocenters. The number of imidazole rings is 1. The number of aromatic amines is 1. The molecular weight excluding hydrogens is 392 g/mol. The number of carbonyl (C=O) groups excluding carboxylic acids is 2. The van der Waals surface area contributed by atoms with Crippen molar-refractivity contribution in [3.8, 4) is 0 Å². The van der Waals surface area contributed by atoms with Crippen molar-refractivity contribution in [2.45, 2.75) is 25.7 Å². The lowest BCUT2D eigenvalue weighted by molar-refractivity contribution is -0.137. The van der Waals surface area contributed by atoms with Gasteiger partial charge in [-0.05, 0) is 55.7 Å². The number of esters is 1. The predicted molar refractivity (Wildman–Crippen MR) is 121 cm³/mol. The molecule has 0 saturated carbocycles. The first-order valence-electron chi connectivity index (χ1n) is 10.6. The highest BCUT2D eigenvalue weighted by atomic mass is 16.5. The van der Waals surface area contributed by atoms with Crippen LogP contribution < -0.4 is 5.32 Å². The number of anilines is 1. The number of nitrogens with zero attached hydrogens (tertiary/aromatic N) is 2. The van der Waals surface area contributed by atoms with Gasteiger partial charge in [-0.15, -0.1) is 0 Å². The van der Waals surface area contributed by atoms with Gasteiger partial charge in [-0.3, -0.25) is 0 Å². The number of fused-ring (bicyclic) bond motifs is 1. The van der Waals surface area contributed by atoms with E-state index in [0.29, 0.717) is 18.8 Å². The van der Waals surface area contributed by atoms with Gasteiger partial charge in [-0.2, -0.15) is 0 Å². The van der Waals surface area contributed by atoms with Crippen molar-refractivity contribution < 1.29 is 14.3 Å². The molecule has 0 aliphatic carbocycles. The van der Waals surface area contributed by atoms with Gasteiger partial charge in [0.15, 0.2) is 0 Å². The van der Waals surface area contributed by atoms with Crippen LogP contribution >= 0.6 is 0 Å². The Morgan fingerprint density at radius 2 is 2.03 bits per heavy atom. The molecule has 160 valence electrons. The van der Waals surface area contributed by atoms with Crippen molar-refractivity contribution in [3.63, 3.8) is 0 Å². The molecule has 1 fully saturated rings. The minimum atomic E-state index is -0.371. The number of hydrogen-bond acceptors (Lipinski definition) is 4. The van der Waals surface area contributed by atoms with E-state index in [1.807, 2.05) is 53.4 Å². The van der Waals surface area contributed by atoms with Gasteiger partial charge in [0.2, 0.25) is 0 Å². The topological polar surface area (TPSA) is 87.3 Å². The molecule has 0 unspecified atom stereocenters. The van der Waals surface area contributed by atoms with Gasteiger partial charge in [-0.25, -0.2) is 14.6 Å². The Balaban J connectivity index is 1.36. The van der Waals surface area contributed by atoms with Crippen molar-refractivity contribution >= 4 is 34.8 Å².